The van der Waals surface area contributed by atoms with E-state index >= 15 is 0 Å². The Morgan fingerprint density at radius 2 is 2.16 bits per heavy atom. The lowest BCUT2D eigenvalue weighted by molar-refractivity contribution is -0.385. The molecule has 6 heteroatoms. The van der Waals surface area contributed by atoms with E-state index in [1.54, 1.807) is 4.90 Å². The molecule has 0 bridgehead atoms. The van der Waals surface area contributed by atoms with E-state index in [1.807, 2.05) is 13.8 Å². The molecule has 102 valence electrons. The Kier molecular flexibility index (Phi) is 3.26. The number of rotatable bonds is 2. The molecule has 19 heavy (non-hydrogen) atoms. The number of halogens is 1. The highest BCUT2D eigenvalue weighted by Gasteiger charge is 2.38. The molecule has 1 heterocycles. The first-order chi connectivity index (χ1) is 8.83. The highest BCUT2D eigenvalue weighted by atomic mass is 19.1. The van der Waals surface area contributed by atoms with Crippen LogP contribution in [0.15, 0.2) is 18.2 Å². The second-order valence-electron chi connectivity index (χ2n) is 5.29. The number of amides is 1. The molecule has 1 aromatic carbocycles. The van der Waals surface area contributed by atoms with Crippen LogP contribution in [-0.2, 0) is 0 Å². The molecule has 1 amide bonds. The molecule has 1 aliphatic heterocycles. The minimum absolute atomic E-state index is 0.181. The van der Waals surface area contributed by atoms with E-state index in [-0.39, 0.29) is 16.8 Å². The molecular weight excluding hydrogens is 251 g/mol. The predicted molar refractivity (Wildman–Crippen MR) is 67.4 cm³/mol. The highest BCUT2D eigenvalue weighted by Crippen LogP contribution is 2.32. The van der Waals surface area contributed by atoms with Gasteiger partial charge in [-0.05, 0) is 38.8 Å². The van der Waals surface area contributed by atoms with Crippen molar-refractivity contribution in [3.05, 3.63) is 39.7 Å². The molecule has 0 radical (unpaired) electrons. The van der Waals surface area contributed by atoms with Crippen LogP contribution in [0, 0.1) is 15.9 Å². The second kappa shape index (κ2) is 4.60. The maximum atomic E-state index is 13.3. The molecule has 0 saturated carbocycles. The molecule has 1 saturated heterocycles. The van der Waals surface area contributed by atoms with Gasteiger partial charge < -0.3 is 4.90 Å². The zero-order chi connectivity index (χ0) is 14.2. The van der Waals surface area contributed by atoms with Gasteiger partial charge in [0, 0.05) is 18.2 Å². The molecule has 1 aliphatic rings. The summed E-state index contributed by atoms with van der Waals surface area (Å²) in [5.41, 5.74) is -0.883. The molecule has 0 aliphatic carbocycles. The lowest BCUT2D eigenvalue weighted by atomic mass is 10.0. The van der Waals surface area contributed by atoms with Gasteiger partial charge in [-0.2, -0.15) is 0 Å². The average Bonchev–Trinajstić information content (AvgIpc) is 2.67. The van der Waals surface area contributed by atoms with Gasteiger partial charge >= 0.3 is 0 Å². The first kappa shape index (κ1) is 13.5. The Hall–Kier alpha value is -1.98. The monoisotopic (exact) mass is 266 g/mol. The lowest BCUT2D eigenvalue weighted by Crippen LogP contribution is -2.42. The van der Waals surface area contributed by atoms with Crippen molar-refractivity contribution < 1.29 is 14.1 Å². The van der Waals surface area contributed by atoms with E-state index in [4.69, 9.17) is 0 Å². The fourth-order valence-corrected chi connectivity index (χ4v) is 2.47. The molecule has 0 aromatic heterocycles. The van der Waals surface area contributed by atoms with Crippen molar-refractivity contribution in [2.45, 2.75) is 32.2 Å². The van der Waals surface area contributed by atoms with Gasteiger partial charge in [-0.1, -0.05) is 0 Å². The first-order valence-corrected chi connectivity index (χ1v) is 6.09. The van der Waals surface area contributed by atoms with Crippen molar-refractivity contribution in [1.82, 2.24) is 4.90 Å². The molecule has 1 fully saturated rings. The molecule has 0 unspecified atom stereocenters. The van der Waals surface area contributed by atoms with Crippen molar-refractivity contribution in [3.8, 4) is 0 Å². The van der Waals surface area contributed by atoms with E-state index < -0.39 is 16.6 Å². The summed E-state index contributed by atoms with van der Waals surface area (Å²) in [5.74, 6) is -1.13. The smallest absolute Gasteiger partial charge is 0.282 e. The van der Waals surface area contributed by atoms with Crippen LogP contribution < -0.4 is 0 Å². The standard InChI is InChI=1S/C13H15FN2O3/c1-13(2)6-3-7-15(13)12(17)10-8-9(14)4-5-11(10)16(18)19/h4-5,8H,3,6-7H2,1-2H3. The number of likely N-dealkylation sites (tertiary alicyclic amines) is 1. The van der Waals surface area contributed by atoms with Crippen LogP contribution in [0.4, 0.5) is 10.1 Å². The maximum Gasteiger partial charge on any atom is 0.282 e. The number of carbonyl (C=O) groups is 1. The van der Waals surface area contributed by atoms with Gasteiger partial charge in [0.1, 0.15) is 11.4 Å². The molecule has 5 nitrogen and oxygen atoms in total. The molecule has 1 aromatic rings. The van der Waals surface area contributed by atoms with Crippen LogP contribution in [0.1, 0.15) is 37.0 Å². The van der Waals surface area contributed by atoms with E-state index in [1.165, 1.54) is 0 Å². The third-order valence-electron chi connectivity index (χ3n) is 3.53. The summed E-state index contributed by atoms with van der Waals surface area (Å²) in [6.07, 6.45) is 1.68. The topological polar surface area (TPSA) is 63.5 Å². The van der Waals surface area contributed by atoms with Gasteiger partial charge in [-0.15, -0.1) is 0 Å². The summed E-state index contributed by atoms with van der Waals surface area (Å²) in [4.78, 5) is 24.2. The van der Waals surface area contributed by atoms with Crippen molar-refractivity contribution >= 4 is 11.6 Å². The number of hydrogen-bond acceptors (Lipinski definition) is 3. The van der Waals surface area contributed by atoms with Gasteiger partial charge in [0.25, 0.3) is 11.6 Å². The Balaban J connectivity index is 2.44. The molecular formula is C13H15FN2O3. The van der Waals surface area contributed by atoms with Crippen molar-refractivity contribution in [3.63, 3.8) is 0 Å². The Labute approximate surface area is 110 Å². The maximum absolute atomic E-state index is 13.3. The average molecular weight is 266 g/mol. The zero-order valence-electron chi connectivity index (χ0n) is 10.9. The number of nitrogens with zero attached hydrogens (tertiary/aromatic N) is 2. The number of nitro groups is 1. The lowest BCUT2D eigenvalue weighted by Gasteiger charge is -2.31. The summed E-state index contributed by atoms with van der Waals surface area (Å²) in [6, 6.07) is 2.96. The van der Waals surface area contributed by atoms with Gasteiger partial charge in [-0.3, -0.25) is 14.9 Å². The summed E-state index contributed by atoms with van der Waals surface area (Å²) in [7, 11) is 0. The third-order valence-corrected chi connectivity index (χ3v) is 3.53. The van der Waals surface area contributed by atoms with E-state index in [9.17, 15) is 19.3 Å². The quantitative estimate of drug-likeness (QED) is 0.610. The number of carbonyl (C=O) groups excluding carboxylic acids is 1. The SMILES string of the molecule is CC1(C)CCCN1C(=O)c1cc(F)ccc1[N+](=O)[O-]. The van der Waals surface area contributed by atoms with Crippen LogP contribution in [0.5, 0.6) is 0 Å². The molecule has 2 rings (SSSR count). The second-order valence-corrected chi connectivity index (χ2v) is 5.29. The Bertz CT molecular complexity index is 543. The van der Waals surface area contributed by atoms with Gasteiger partial charge in [0.05, 0.1) is 4.92 Å². The predicted octanol–water partition coefficient (Wildman–Crippen LogP) is 2.75. The minimum atomic E-state index is -0.657. The van der Waals surface area contributed by atoms with Gasteiger partial charge in [0.15, 0.2) is 0 Å². The largest absolute Gasteiger partial charge is 0.333 e. The van der Waals surface area contributed by atoms with Crippen molar-refractivity contribution in [2.75, 3.05) is 6.54 Å². The number of nitro benzene ring substituents is 1. The van der Waals surface area contributed by atoms with Crippen LogP contribution in [-0.4, -0.2) is 27.8 Å². The third kappa shape index (κ3) is 2.43. The summed E-state index contributed by atoms with van der Waals surface area (Å²) in [6.45, 7) is 4.35. The normalized spacial score (nSPS) is 17.5. The zero-order valence-corrected chi connectivity index (χ0v) is 10.9. The van der Waals surface area contributed by atoms with Crippen LogP contribution in [0.3, 0.4) is 0 Å². The van der Waals surface area contributed by atoms with Gasteiger partial charge in [-0.25, -0.2) is 4.39 Å². The highest BCUT2D eigenvalue weighted by molar-refractivity contribution is 5.98. The Morgan fingerprint density at radius 1 is 1.47 bits per heavy atom. The van der Waals surface area contributed by atoms with Crippen molar-refractivity contribution in [1.29, 1.82) is 0 Å². The Morgan fingerprint density at radius 3 is 2.68 bits per heavy atom. The van der Waals surface area contributed by atoms with Gasteiger partial charge in [0.2, 0.25) is 0 Å². The summed E-state index contributed by atoms with van der Waals surface area (Å²) in [5, 5.41) is 10.9. The van der Waals surface area contributed by atoms with Crippen LogP contribution >= 0.6 is 0 Å². The van der Waals surface area contributed by atoms with Crippen molar-refractivity contribution in [2.24, 2.45) is 0 Å². The van der Waals surface area contributed by atoms with Crippen LogP contribution in [0.2, 0.25) is 0 Å². The molecule has 0 spiro atoms. The summed E-state index contributed by atoms with van der Waals surface area (Å²) >= 11 is 0. The molecule has 0 N–H and O–H groups in total. The van der Waals surface area contributed by atoms with E-state index in [0.29, 0.717) is 6.54 Å². The number of hydrogen-bond donors (Lipinski definition) is 0. The molecule has 0 atom stereocenters. The fourth-order valence-electron chi connectivity index (χ4n) is 2.47. The van der Waals surface area contributed by atoms with Crippen LogP contribution in [0.25, 0.3) is 0 Å². The minimum Gasteiger partial charge on any atom is -0.333 e. The number of benzene rings is 1. The fraction of sp³-hybridized carbons (Fsp3) is 0.462. The summed E-state index contributed by atoms with van der Waals surface area (Å²) < 4.78 is 13.3. The first-order valence-electron chi connectivity index (χ1n) is 6.09. The van der Waals surface area contributed by atoms with E-state index in [2.05, 4.69) is 0 Å². The van der Waals surface area contributed by atoms with E-state index in [0.717, 1.165) is 31.0 Å².